The number of nitrogens with one attached hydrogen (secondary N) is 1. The topological polar surface area (TPSA) is 92.7 Å². The number of carbonyl (C=O) groups excluding carboxylic acids is 2. The van der Waals surface area contributed by atoms with Crippen LogP contribution in [0, 0.1) is 0 Å². The molecule has 0 aromatic heterocycles. The Balaban J connectivity index is 4.10. The molecule has 0 radical (unpaired) electrons. The molecule has 0 saturated heterocycles. The fourth-order valence-corrected chi connectivity index (χ4v) is 0.784. The molecule has 0 fully saturated rings. The Morgan fingerprint density at radius 3 is 2.44 bits per heavy atom. The lowest BCUT2D eigenvalue weighted by molar-refractivity contribution is -0.174. The van der Waals surface area contributed by atoms with Gasteiger partial charge in [-0.25, -0.2) is 0 Å². The van der Waals surface area contributed by atoms with E-state index in [1.54, 1.807) is 0 Å². The van der Waals surface area contributed by atoms with Crippen LogP contribution in [0.1, 0.15) is 21.1 Å². The second-order valence-electron chi connectivity index (χ2n) is 3.24. The summed E-state index contributed by atoms with van der Waals surface area (Å²) in [5.41, 5.74) is 0. The van der Waals surface area contributed by atoms with Gasteiger partial charge in [-0.05, 0) is 6.90 Å². The van der Waals surface area contributed by atoms with Gasteiger partial charge in [-0.1, -0.05) is 0 Å². The van der Waals surface area contributed by atoms with Gasteiger partial charge in [-0.15, -0.1) is 0 Å². The van der Waals surface area contributed by atoms with E-state index >= 15 is 0 Å². The summed E-state index contributed by atoms with van der Waals surface area (Å²) >= 11 is 0. The van der Waals surface area contributed by atoms with Crippen molar-refractivity contribution in [3.8, 4) is 0 Å². The van der Waals surface area contributed by atoms with Crippen LogP contribution in [-0.4, -0.2) is 41.8 Å². The second kappa shape index (κ2) is 6.82. The number of hydrogen-bond donors (Lipinski definition) is 2. The molecule has 1 atom stereocenters. The predicted octanol–water partition coefficient (Wildman–Crippen LogP) is 0.461. The first-order valence-corrected chi connectivity index (χ1v) is 4.71. The zero-order chi connectivity index (χ0) is 15.1. The maximum Gasteiger partial charge on any atom is 0.471 e. The molecule has 0 spiro atoms. The molecule has 0 aromatic carbocycles. The zero-order valence-corrected chi connectivity index (χ0v) is 9.12. The van der Waals surface area contributed by atoms with Crippen molar-refractivity contribution in [1.29, 1.82) is 0 Å². The Hall–Kier alpha value is -1.80. The third-order valence-corrected chi connectivity index (χ3v) is 1.58. The van der Waals surface area contributed by atoms with Crippen molar-refractivity contribution in [2.24, 2.45) is 0 Å². The number of carboxylic acid groups (broad SMARTS) is 1. The van der Waals surface area contributed by atoms with Crippen LogP contribution in [0.2, 0.25) is 0 Å². The Bertz CT molecular complexity index is 347. The fourth-order valence-electron chi connectivity index (χ4n) is 0.784. The smallest absolute Gasteiger partial charge is 0.471 e. The number of amides is 1. The molecule has 2 N–H and O–H groups in total. The lowest BCUT2D eigenvalue weighted by atomic mass is 10.3. The molecular formula is C9H12F3NO5. The van der Waals surface area contributed by atoms with E-state index in [2.05, 4.69) is 4.74 Å². The highest BCUT2D eigenvalue weighted by Gasteiger charge is 2.39. The minimum absolute atomic E-state index is 0.437. The summed E-state index contributed by atoms with van der Waals surface area (Å²) in [4.78, 5) is 31.7. The highest BCUT2D eigenvalue weighted by Crippen LogP contribution is 2.14. The summed E-state index contributed by atoms with van der Waals surface area (Å²) in [6.45, 7) is -1.24. The van der Waals surface area contributed by atoms with Gasteiger partial charge in [0, 0.05) is 1.37 Å². The van der Waals surface area contributed by atoms with Gasteiger partial charge < -0.3 is 15.2 Å². The number of ether oxygens (including phenoxy) is 1. The monoisotopic (exact) mass is 272 g/mol. The standard InChI is InChI=1S/C9H12F3NO5/c1-5(13-8(17)9(10,11)12)4-18-7(16)3-2-6(14)15/h5H,2-4H2,1H3,(H,13,17)(H,14,15)/t5-/m0/s1/i1D. The summed E-state index contributed by atoms with van der Waals surface area (Å²) in [5.74, 6) is -4.38. The van der Waals surface area contributed by atoms with E-state index in [4.69, 9.17) is 6.48 Å². The van der Waals surface area contributed by atoms with Crippen molar-refractivity contribution < 1.29 is 38.8 Å². The number of aliphatic carboxylic acids is 1. The second-order valence-corrected chi connectivity index (χ2v) is 3.24. The molecule has 0 rings (SSSR count). The lowest BCUT2D eigenvalue weighted by Gasteiger charge is -2.15. The third-order valence-electron chi connectivity index (χ3n) is 1.58. The molecular weight excluding hydrogens is 259 g/mol. The van der Waals surface area contributed by atoms with Crippen molar-refractivity contribution in [2.75, 3.05) is 6.61 Å². The van der Waals surface area contributed by atoms with Crippen molar-refractivity contribution in [3.63, 3.8) is 0 Å². The van der Waals surface area contributed by atoms with E-state index in [0.29, 0.717) is 0 Å². The van der Waals surface area contributed by atoms with Crippen LogP contribution >= 0.6 is 0 Å². The van der Waals surface area contributed by atoms with Crippen LogP contribution in [0.25, 0.3) is 0 Å². The maximum atomic E-state index is 11.9. The zero-order valence-electron chi connectivity index (χ0n) is 10.1. The first kappa shape index (κ1) is 14.3. The quantitative estimate of drug-likeness (QED) is 0.685. The third kappa shape index (κ3) is 7.47. The van der Waals surface area contributed by atoms with Gasteiger partial charge in [0.05, 0.1) is 18.9 Å². The lowest BCUT2D eigenvalue weighted by Crippen LogP contribution is -2.44. The number of hydrogen-bond acceptors (Lipinski definition) is 4. The summed E-state index contributed by atoms with van der Waals surface area (Å²) in [5, 5.41) is 9.76. The van der Waals surface area contributed by atoms with Gasteiger partial charge in [-0.3, -0.25) is 14.4 Å². The van der Waals surface area contributed by atoms with E-state index < -0.39 is 56.4 Å². The minimum Gasteiger partial charge on any atom is -0.481 e. The van der Waals surface area contributed by atoms with Crippen LogP contribution in [0.5, 0.6) is 0 Å². The predicted molar refractivity (Wildman–Crippen MR) is 51.5 cm³/mol. The number of carboxylic acids is 1. The molecule has 0 heterocycles. The van der Waals surface area contributed by atoms with Crippen molar-refractivity contribution in [2.45, 2.75) is 32.0 Å². The van der Waals surface area contributed by atoms with Gasteiger partial charge in [0.25, 0.3) is 0 Å². The molecule has 0 saturated carbocycles. The van der Waals surface area contributed by atoms with Crippen LogP contribution in [-0.2, 0) is 19.1 Å². The van der Waals surface area contributed by atoms with Crippen molar-refractivity contribution in [3.05, 3.63) is 0 Å². The Morgan fingerprint density at radius 2 is 2.00 bits per heavy atom. The molecule has 0 aliphatic carbocycles. The molecule has 104 valence electrons. The van der Waals surface area contributed by atoms with Gasteiger partial charge >= 0.3 is 24.0 Å². The number of esters is 1. The summed E-state index contributed by atoms with van der Waals surface area (Å²) in [7, 11) is 0. The summed E-state index contributed by atoms with van der Waals surface area (Å²) in [6, 6.07) is -1.30. The van der Waals surface area contributed by atoms with Crippen LogP contribution < -0.4 is 5.32 Å². The van der Waals surface area contributed by atoms with E-state index in [-0.39, 0.29) is 0 Å². The largest absolute Gasteiger partial charge is 0.481 e. The molecule has 9 heteroatoms. The van der Waals surface area contributed by atoms with E-state index in [9.17, 15) is 27.6 Å². The van der Waals surface area contributed by atoms with Crippen LogP contribution in [0.4, 0.5) is 13.2 Å². The Morgan fingerprint density at radius 1 is 1.39 bits per heavy atom. The van der Waals surface area contributed by atoms with E-state index in [0.717, 1.165) is 0 Å². The molecule has 1 amide bonds. The van der Waals surface area contributed by atoms with Gasteiger partial charge in [0.1, 0.15) is 6.61 Å². The molecule has 0 aromatic rings. The Labute approximate surface area is 102 Å². The average molecular weight is 272 g/mol. The van der Waals surface area contributed by atoms with Crippen LogP contribution in [0.3, 0.4) is 0 Å². The molecule has 0 aliphatic heterocycles. The number of halogens is 3. The van der Waals surface area contributed by atoms with E-state index in [1.807, 2.05) is 0 Å². The summed E-state index contributed by atoms with van der Waals surface area (Å²) in [6.07, 6.45) is -5.99. The van der Waals surface area contributed by atoms with Gasteiger partial charge in [-0.2, -0.15) is 13.2 Å². The van der Waals surface area contributed by atoms with E-state index in [1.165, 1.54) is 5.32 Å². The Kier molecular flexibility index (Phi) is 5.40. The number of rotatable bonds is 6. The van der Waals surface area contributed by atoms with Gasteiger partial charge in [0.15, 0.2) is 0 Å². The van der Waals surface area contributed by atoms with Gasteiger partial charge in [0.2, 0.25) is 0 Å². The SMILES string of the molecule is [2H]C[C@@H](COC(=O)CCC(=O)O)NC(=O)C(F)(F)F. The van der Waals surface area contributed by atoms with Crippen molar-refractivity contribution >= 4 is 17.8 Å². The van der Waals surface area contributed by atoms with Crippen LogP contribution in [0.15, 0.2) is 0 Å². The number of carbonyl (C=O) groups is 3. The maximum absolute atomic E-state index is 11.9. The summed E-state index contributed by atoms with van der Waals surface area (Å²) < 4.78 is 47.1. The molecule has 0 aliphatic rings. The highest BCUT2D eigenvalue weighted by molar-refractivity contribution is 5.82. The first-order valence-electron chi connectivity index (χ1n) is 5.42. The molecule has 0 bridgehead atoms. The first-order chi connectivity index (χ1) is 8.66. The normalized spacial score (nSPS) is 13.4. The van der Waals surface area contributed by atoms with Crippen molar-refractivity contribution in [1.82, 2.24) is 5.32 Å². The molecule has 6 nitrogen and oxygen atoms in total. The highest BCUT2D eigenvalue weighted by atomic mass is 19.4. The minimum atomic E-state index is -5.08. The number of alkyl halides is 3. The molecule has 0 unspecified atom stereocenters. The molecule has 18 heavy (non-hydrogen) atoms. The average Bonchev–Trinajstić information content (AvgIpc) is 2.30. The fraction of sp³-hybridized carbons (Fsp3) is 0.667.